The Bertz CT molecular complexity index is 1280. The zero-order valence-electron chi connectivity index (χ0n) is 15.3. The lowest BCUT2D eigenvalue weighted by Gasteiger charge is -2.11. The molecule has 3 aromatic rings. The molecule has 2 aromatic carbocycles. The monoisotopic (exact) mass is 479 g/mol. The predicted octanol–water partition coefficient (Wildman–Crippen LogP) is 3.26. The number of imidazole rings is 1. The highest BCUT2D eigenvalue weighted by atomic mass is 79.9. The Morgan fingerprint density at radius 2 is 1.83 bits per heavy atom. The number of aromatic nitrogens is 2. The van der Waals surface area contributed by atoms with E-state index in [0.29, 0.717) is 4.47 Å². The van der Waals surface area contributed by atoms with Crippen molar-refractivity contribution in [3.8, 4) is 17.4 Å². The maximum absolute atomic E-state index is 12.8. The second-order valence-electron chi connectivity index (χ2n) is 6.96. The molecule has 0 saturated heterocycles. The molecule has 152 valence electrons. The van der Waals surface area contributed by atoms with Gasteiger partial charge in [-0.2, -0.15) is 0 Å². The van der Waals surface area contributed by atoms with Crippen LogP contribution in [0.5, 0.6) is 11.8 Å². The number of aryl methyl sites for hydroxylation is 1. The van der Waals surface area contributed by atoms with E-state index in [2.05, 4.69) is 20.7 Å². The van der Waals surface area contributed by atoms with E-state index in [9.17, 15) is 23.4 Å². The van der Waals surface area contributed by atoms with Crippen LogP contribution in [0.2, 0.25) is 0 Å². The standard InChI is InChI=1S/C19H18BrN3O5S/c1-11-5-8-16(15(20)9-11)29(27,28)21-12-3-2-4-14(10-12)23-18(25)17(24)22(19(23)26)13-6-7-13/h2-5,8-10,13,21,24-25H,6-7H2,1H3. The Morgan fingerprint density at radius 1 is 1.10 bits per heavy atom. The topological polar surface area (TPSA) is 114 Å². The Balaban J connectivity index is 1.72. The molecule has 0 bridgehead atoms. The number of halogens is 1. The maximum atomic E-state index is 12.8. The number of hydrogen-bond donors (Lipinski definition) is 3. The number of aromatic hydroxyl groups is 2. The normalized spacial score (nSPS) is 14.1. The highest BCUT2D eigenvalue weighted by molar-refractivity contribution is 9.10. The summed E-state index contributed by atoms with van der Waals surface area (Å²) in [7, 11) is -3.89. The lowest BCUT2D eigenvalue weighted by molar-refractivity contribution is 0.363. The molecule has 0 radical (unpaired) electrons. The molecular weight excluding hydrogens is 462 g/mol. The van der Waals surface area contributed by atoms with Crippen LogP contribution in [0.25, 0.3) is 5.69 Å². The van der Waals surface area contributed by atoms with E-state index >= 15 is 0 Å². The Morgan fingerprint density at radius 3 is 2.48 bits per heavy atom. The molecule has 3 N–H and O–H groups in total. The van der Waals surface area contributed by atoms with Crippen LogP contribution < -0.4 is 10.4 Å². The molecule has 1 fully saturated rings. The van der Waals surface area contributed by atoms with E-state index in [-0.39, 0.29) is 22.3 Å². The van der Waals surface area contributed by atoms with E-state index in [1.54, 1.807) is 18.2 Å². The zero-order valence-corrected chi connectivity index (χ0v) is 17.7. The summed E-state index contributed by atoms with van der Waals surface area (Å²) in [4.78, 5) is 12.7. The van der Waals surface area contributed by atoms with E-state index in [1.807, 2.05) is 6.92 Å². The molecule has 0 unspecified atom stereocenters. The van der Waals surface area contributed by atoms with Crippen molar-refractivity contribution < 1.29 is 18.6 Å². The first-order valence-electron chi connectivity index (χ1n) is 8.83. The summed E-state index contributed by atoms with van der Waals surface area (Å²) in [5.41, 5.74) is 0.766. The Kier molecular flexibility index (Phi) is 4.70. The molecule has 4 rings (SSSR count). The summed E-state index contributed by atoms with van der Waals surface area (Å²) in [6, 6.07) is 10.8. The minimum Gasteiger partial charge on any atom is -0.491 e. The van der Waals surface area contributed by atoms with Gasteiger partial charge in [-0.15, -0.1) is 0 Å². The van der Waals surface area contributed by atoms with Crippen molar-refractivity contribution in [3.63, 3.8) is 0 Å². The van der Waals surface area contributed by atoms with Gasteiger partial charge in [0.05, 0.1) is 11.4 Å². The fraction of sp³-hybridized carbons (Fsp3) is 0.211. The first-order chi connectivity index (χ1) is 13.7. The molecule has 1 aliphatic rings. The first kappa shape index (κ1) is 19.6. The van der Waals surface area contributed by atoms with Crippen LogP contribution in [-0.2, 0) is 10.0 Å². The lowest BCUT2D eigenvalue weighted by atomic mass is 10.2. The van der Waals surface area contributed by atoms with Gasteiger partial charge in [-0.25, -0.2) is 17.8 Å². The lowest BCUT2D eigenvalue weighted by Crippen LogP contribution is -2.22. The number of rotatable bonds is 5. The smallest absolute Gasteiger partial charge is 0.338 e. The number of sulfonamides is 1. The summed E-state index contributed by atoms with van der Waals surface area (Å²) in [5.74, 6) is -1.07. The quantitative estimate of drug-likeness (QED) is 0.519. The summed E-state index contributed by atoms with van der Waals surface area (Å²) in [6.45, 7) is 1.85. The third-order valence-corrected chi connectivity index (χ3v) is 7.04. The van der Waals surface area contributed by atoms with Gasteiger partial charge in [-0.3, -0.25) is 9.29 Å². The Hall–Kier alpha value is -2.72. The molecule has 29 heavy (non-hydrogen) atoms. The van der Waals surface area contributed by atoms with Gasteiger partial charge < -0.3 is 10.2 Å². The fourth-order valence-electron chi connectivity index (χ4n) is 3.13. The van der Waals surface area contributed by atoms with Gasteiger partial charge in [0.1, 0.15) is 4.90 Å². The van der Waals surface area contributed by atoms with Gasteiger partial charge in [0.15, 0.2) is 0 Å². The van der Waals surface area contributed by atoms with Gasteiger partial charge in [-0.1, -0.05) is 12.1 Å². The fourth-order valence-corrected chi connectivity index (χ4v) is 5.38. The molecule has 0 atom stereocenters. The SMILES string of the molecule is Cc1ccc(S(=O)(=O)Nc2cccc(-n3c(O)c(O)n(C4CC4)c3=O)c2)c(Br)c1. The number of hydrogen-bond acceptors (Lipinski definition) is 5. The summed E-state index contributed by atoms with van der Waals surface area (Å²) in [5, 5.41) is 20.3. The van der Waals surface area contributed by atoms with E-state index in [4.69, 9.17) is 0 Å². The molecule has 0 spiro atoms. The van der Waals surface area contributed by atoms with Crippen LogP contribution in [0.1, 0.15) is 24.4 Å². The van der Waals surface area contributed by atoms with Crippen molar-refractivity contribution >= 4 is 31.6 Å². The van der Waals surface area contributed by atoms with Crippen molar-refractivity contribution in [2.24, 2.45) is 0 Å². The van der Waals surface area contributed by atoms with Gasteiger partial charge in [0.25, 0.3) is 21.8 Å². The third kappa shape index (κ3) is 3.53. The molecule has 1 aromatic heterocycles. The summed E-state index contributed by atoms with van der Waals surface area (Å²) in [6.07, 6.45) is 1.50. The van der Waals surface area contributed by atoms with Crippen LogP contribution in [0.15, 0.2) is 56.6 Å². The van der Waals surface area contributed by atoms with Gasteiger partial charge >= 0.3 is 5.69 Å². The molecule has 8 nitrogen and oxygen atoms in total. The molecular formula is C19H18BrN3O5S. The molecule has 1 aliphatic carbocycles. The predicted molar refractivity (Wildman–Crippen MR) is 111 cm³/mol. The minimum atomic E-state index is -3.89. The molecule has 1 saturated carbocycles. The largest absolute Gasteiger partial charge is 0.491 e. The summed E-state index contributed by atoms with van der Waals surface area (Å²) < 4.78 is 30.5. The van der Waals surface area contributed by atoms with Gasteiger partial charge in [0.2, 0.25) is 0 Å². The second-order valence-corrected chi connectivity index (χ2v) is 9.46. The average molecular weight is 480 g/mol. The van der Waals surface area contributed by atoms with Crippen LogP contribution >= 0.6 is 15.9 Å². The first-order valence-corrected chi connectivity index (χ1v) is 11.1. The molecule has 0 amide bonds. The molecule has 10 heteroatoms. The van der Waals surface area contributed by atoms with Crippen LogP contribution in [0, 0.1) is 6.92 Å². The number of nitrogens with one attached hydrogen (secondary N) is 1. The molecule has 0 aliphatic heterocycles. The Labute approximate surface area is 175 Å². The van der Waals surface area contributed by atoms with E-state index in [0.717, 1.165) is 27.5 Å². The van der Waals surface area contributed by atoms with Crippen molar-refractivity contribution in [2.45, 2.75) is 30.7 Å². The number of nitrogens with zero attached hydrogens (tertiary/aromatic N) is 2. The van der Waals surface area contributed by atoms with Gasteiger partial charge in [-0.05, 0) is 71.6 Å². The van der Waals surface area contributed by atoms with Crippen LogP contribution in [-0.4, -0.2) is 27.8 Å². The zero-order chi connectivity index (χ0) is 20.9. The molecule has 1 heterocycles. The second kappa shape index (κ2) is 6.96. The number of anilines is 1. The summed E-state index contributed by atoms with van der Waals surface area (Å²) >= 11 is 3.27. The van der Waals surface area contributed by atoms with E-state index in [1.165, 1.54) is 24.3 Å². The van der Waals surface area contributed by atoms with Crippen LogP contribution in [0.4, 0.5) is 5.69 Å². The van der Waals surface area contributed by atoms with Gasteiger partial charge in [0, 0.05) is 10.5 Å². The van der Waals surface area contributed by atoms with Crippen LogP contribution in [0.3, 0.4) is 0 Å². The van der Waals surface area contributed by atoms with Crippen molar-refractivity contribution in [1.82, 2.24) is 9.13 Å². The van der Waals surface area contributed by atoms with Crippen molar-refractivity contribution in [3.05, 3.63) is 63.0 Å². The third-order valence-electron chi connectivity index (χ3n) is 4.68. The highest BCUT2D eigenvalue weighted by Crippen LogP contribution is 2.40. The maximum Gasteiger partial charge on any atom is 0.338 e. The van der Waals surface area contributed by atoms with Crippen molar-refractivity contribution in [1.29, 1.82) is 0 Å². The van der Waals surface area contributed by atoms with E-state index < -0.39 is 27.5 Å². The number of benzene rings is 2. The minimum absolute atomic E-state index is 0.0750. The average Bonchev–Trinajstić information content (AvgIpc) is 3.43. The highest BCUT2D eigenvalue weighted by Gasteiger charge is 2.32. The van der Waals surface area contributed by atoms with Crippen molar-refractivity contribution in [2.75, 3.05) is 4.72 Å².